The molecule has 1 aliphatic heterocycles. The van der Waals surface area contributed by atoms with Crippen LogP contribution < -0.4 is 20.0 Å². The van der Waals surface area contributed by atoms with E-state index in [0.29, 0.717) is 0 Å². The molecule has 1 unspecified atom stereocenters. The Morgan fingerprint density at radius 3 is 1.24 bits per heavy atom. The standard InChI is InChI=1S/C50H38N4S/c1-7-19-36(20-8-1)52(37-21-9-2-10-22-37)42-31-32-43-47(33-42)55-50-48(43)46(53(38-23-11-3-12-24-38)39-25-13-4-14-26-39)34-44(45-35-51-45)49(50)54(40-27-15-5-16-28-40)41-29-17-6-18-30-41/h1-34,45,51H,35H2. The molecule has 10 rings (SSSR count). The van der Waals surface area contributed by atoms with Crippen molar-refractivity contribution in [3.63, 3.8) is 0 Å². The van der Waals surface area contributed by atoms with Crippen LogP contribution in [-0.2, 0) is 0 Å². The molecular weight excluding hydrogens is 689 g/mol. The molecule has 1 aliphatic rings. The maximum Gasteiger partial charge on any atom is 0.0690 e. The van der Waals surface area contributed by atoms with Crippen molar-refractivity contribution in [2.45, 2.75) is 6.04 Å². The van der Waals surface area contributed by atoms with E-state index in [1.54, 1.807) is 0 Å². The first-order valence-electron chi connectivity index (χ1n) is 18.8. The first-order chi connectivity index (χ1) is 27.3. The SMILES string of the molecule is c1ccc(N(c2ccccc2)c2ccc3c(c2)sc2c(N(c4ccccc4)c4ccccc4)c(C4CN4)cc(N(c4ccccc4)c4ccccc4)c23)cc1. The summed E-state index contributed by atoms with van der Waals surface area (Å²) in [6.07, 6.45) is 0. The molecule has 0 saturated carbocycles. The van der Waals surface area contributed by atoms with E-state index in [2.05, 4.69) is 226 Å². The number of nitrogens with one attached hydrogen (secondary N) is 1. The van der Waals surface area contributed by atoms with Gasteiger partial charge in [-0.2, -0.15) is 0 Å². The summed E-state index contributed by atoms with van der Waals surface area (Å²) in [5.74, 6) is 0. The van der Waals surface area contributed by atoms with Gasteiger partial charge in [0.25, 0.3) is 0 Å². The zero-order chi connectivity index (χ0) is 36.6. The van der Waals surface area contributed by atoms with Gasteiger partial charge in [-0.25, -0.2) is 0 Å². The zero-order valence-corrected chi connectivity index (χ0v) is 31.0. The van der Waals surface area contributed by atoms with Crippen molar-refractivity contribution in [2.75, 3.05) is 21.2 Å². The highest BCUT2D eigenvalue weighted by atomic mass is 32.1. The third-order valence-corrected chi connectivity index (χ3v) is 11.5. The lowest BCUT2D eigenvalue weighted by molar-refractivity contribution is 1.07. The lowest BCUT2D eigenvalue weighted by Gasteiger charge is -2.31. The summed E-state index contributed by atoms with van der Waals surface area (Å²) in [5.41, 5.74) is 11.5. The molecular formula is C50H38N4S. The average Bonchev–Trinajstić information content (AvgIpc) is 4.04. The van der Waals surface area contributed by atoms with Gasteiger partial charge >= 0.3 is 0 Å². The summed E-state index contributed by atoms with van der Waals surface area (Å²) in [6, 6.07) is 74.2. The molecule has 0 spiro atoms. The van der Waals surface area contributed by atoms with Crippen LogP contribution in [0.25, 0.3) is 20.2 Å². The van der Waals surface area contributed by atoms with E-state index in [9.17, 15) is 0 Å². The predicted molar refractivity (Wildman–Crippen MR) is 234 cm³/mol. The molecule has 1 N–H and O–H groups in total. The molecule has 264 valence electrons. The van der Waals surface area contributed by atoms with Crippen LogP contribution in [0.5, 0.6) is 0 Å². The van der Waals surface area contributed by atoms with Crippen molar-refractivity contribution in [3.8, 4) is 0 Å². The van der Waals surface area contributed by atoms with Gasteiger partial charge in [0.15, 0.2) is 0 Å². The second kappa shape index (κ2) is 14.3. The molecule has 1 aromatic heterocycles. The number of hydrogen-bond acceptors (Lipinski definition) is 5. The molecule has 8 aromatic carbocycles. The molecule has 4 nitrogen and oxygen atoms in total. The lowest BCUT2D eigenvalue weighted by Crippen LogP contribution is -2.15. The minimum absolute atomic E-state index is 0.230. The number of hydrogen-bond donors (Lipinski definition) is 1. The number of thiophene rings is 1. The molecule has 9 aromatic rings. The van der Waals surface area contributed by atoms with Crippen molar-refractivity contribution in [1.29, 1.82) is 0 Å². The van der Waals surface area contributed by atoms with E-state index >= 15 is 0 Å². The first kappa shape index (κ1) is 32.9. The molecule has 0 radical (unpaired) electrons. The quantitative estimate of drug-likeness (QED) is 0.142. The van der Waals surface area contributed by atoms with Crippen LogP contribution in [0.4, 0.5) is 51.2 Å². The van der Waals surface area contributed by atoms with E-state index < -0.39 is 0 Å². The van der Waals surface area contributed by atoms with E-state index in [-0.39, 0.29) is 6.04 Å². The van der Waals surface area contributed by atoms with Gasteiger partial charge in [0.1, 0.15) is 0 Å². The Morgan fingerprint density at radius 2 is 0.818 bits per heavy atom. The van der Waals surface area contributed by atoms with E-state index in [1.807, 2.05) is 11.3 Å². The molecule has 1 fully saturated rings. The highest BCUT2D eigenvalue weighted by molar-refractivity contribution is 7.26. The molecule has 5 heteroatoms. The Balaban J connectivity index is 1.31. The minimum atomic E-state index is 0.230. The van der Waals surface area contributed by atoms with Crippen LogP contribution in [0.2, 0.25) is 0 Å². The summed E-state index contributed by atoms with van der Waals surface area (Å²) in [6.45, 7) is 0.935. The Hall–Kier alpha value is -6.66. The molecule has 55 heavy (non-hydrogen) atoms. The summed E-state index contributed by atoms with van der Waals surface area (Å²) in [4.78, 5) is 7.26. The van der Waals surface area contributed by atoms with E-state index in [1.165, 1.54) is 37.1 Å². The molecule has 0 bridgehead atoms. The van der Waals surface area contributed by atoms with Crippen LogP contribution in [0.15, 0.2) is 206 Å². The van der Waals surface area contributed by atoms with Gasteiger partial charge in [-0.15, -0.1) is 11.3 Å². The Morgan fingerprint density at radius 1 is 0.418 bits per heavy atom. The first-order valence-corrected chi connectivity index (χ1v) is 19.6. The van der Waals surface area contributed by atoms with Crippen molar-refractivity contribution < 1.29 is 0 Å². The zero-order valence-electron chi connectivity index (χ0n) is 30.2. The summed E-state index contributed by atoms with van der Waals surface area (Å²) >= 11 is 1.89. The fourth-order valence-corrected chi connectivity index (χ4v) is 9.06. The van der Waals surface area contributed by atoms with Crippen LogP contribution >= 0.6 is 11.3 Å². The maximum absolute atomic E-state index is 3.71. The number of rotatable bonds is 10. The molecule has 0 amide bonds. The van der Waals surface area contributed by atoms with Gasteiger partial charge in [-0.3, -0.25) is 0 Å². The smallest absolute Gasteiger partial charge is 0.0690 e. The molecule has 1 atom stereocenters. The Kier molecular flexibility index (Phi) is 8.56. The number of anilines is 9. The second-order valence-corrected chi connectivity index (χ2v) is 14.9. The lowest BCUT2D eigenvalue weighted by atomic mass is 9.99. The molecule has 0 aliphatic carbocycles. The maximum atomic E-state index is 3.71. The van der Waals surface area contributed by atoms with Crippen molar-refractivity contribution in [2.24, 2.45) is 0 Å². The number of fused-ring (bicyclic) bond motifs is 3. The van der Waals surface area contributed by atoms with Crippen LogP contribution in [-0.4, -0.2) is 6.54 Å². The highest BCUT2D eigenvalue weighted by Gasteiger charge is 2.33. The topological polar surface area (TPSA) is 31.7 Å². The van der Waals surface area contributed by atoms with Crippen LogP contribution in [0, 0.1) is 0 Å². The van der Waals surface area contributed by atoms with Gasteiger partial charge in [-0.05, 0) is 96.6 Å². The van der Waals surface area contributed by atoms with Gasteiger partial charge in [-0.1, -0.05) is 115 Å². The van der Waals surface area contributed by atoms with E-state index in [4.69, 9.17) is 0 Å². The molecule has 1 saturated heterocycles. The van der Waals surface area contributed by atoms with Crippen LogP contribution in [0.3, 0.4) is 0 Å². The van der Waals surface area contributed by atoms with Gasteiger partial charge in [0, 0.05) is 67.9 Å². The predicted octanol–water partition coefficient (Wildman–Crippen LogP) is 14.1. The normalized spacial score (nSPS) is 13.5. The number of benzene rings is 8. The fraction of sp³-hybridized carbons (Fsp3) is 0.0400. The van der Waals surface area contributed by atoms with E-state index in [0.717, 1.165) is 46.4 Å². The van der Waals surface area contributed by atoms with Gasteiger partial charge in [0.05, 0.1) is 16.1 Å². The second-order valence-electron chi connectivity index (χ2n) is 13.8. The summed E-state index contributed by atoms with van der Waals surface area (Å²) in [7, 11) is 0. The summed E-state index contributed by atoms with van der Waals surface area (Å²) in [5, 5.41) is 6.17. The number of para-hydroxylation sites is 6. The highest BCUT2D eigenvalue weighted by Crippen LogP contribution is 2.55. The largest absolute Gasteiger partial charge is 0.310 e. The van der Waals surface area contributed by atoms with Crippen molar-refractivity contribution in [1.82, 2.24) is 5.32 Å². The monoisotopic (exact) mass is 726 g/mol. The van der Waals surface area contributed by atoms with Crippen molar-refractivity contribution in [3.05, 3.63) is 212 Å². The van der Waals surface area contributed by atoms with Crippen molar-refractivity contribution >= 4 is 82.7 Å². The number of nitrogens with zero attached hydrogens (tertiary/aromatic N) is 3. The van der Waals surface area contributed by atoms with Gasteiger partial charge < -0.3 is 20.0 Å². The molecule has 2 heterocycles. The third-order valence-electron chi connectivity index (χ3n) is 10.3. The third kappa shape index (κ3) is 6.19. The Labute approximate surface area is 325 Å². The summed E-state index contributed by atoms with van der Waals surface area (Å²) < 4.78 is 2.49. The average molecular weight is 727 g/mol. The van der Waals surface area contributed by atoms with Gasteiger partial charge in [0.2, 0.25) is 0 Å². The Bertz CT molecular complexity index is 2580. The minimum Gasteiger partial charge on any atom is -0.310 e. The fourth-order valence-electron chi connectivity index (χ4n) is 7.76. The van der Waals surface area contributed by atoms with Crippen LogP contribution in [0.1, 0.15) is 11.6 Å².